The number of carbonyl (C=O) groups is 1. The van der Waals surface area contributed by atoms with Gasteiger partial charge in [-0.3, -0.25) is 4.68 Å². The summed E-state index contributed by atoms with van der Waals surface area (Å²) in [6, 6.07) is 12.0. The highest BCUT2D eigenvalue weighted by atomic mass is 16.5. The van der Waals surface area contributed by atoms with E-state index < -0.39 is 0 Å². The van der Waals surface area contributed by atoms with Crippen molar-refractivity contribution in [2.24, 2.45) is 7.05 Å². The third-order valence-corrected chi connectivity index (χ3v) is 4.29. The van der Waals surface area contributed by atoms with Crippen LogP contribution in [0, 0.1) is 0 Å². The molecule has 1 aromatic carbocycles. The minimum Gasteiger partial charge on any atom is -0.464 e. The summed E-state index contributed by atoms with van der Waals surface area (Å²) in [4.78, 5) is 14.3. The fraction of sp³-hybridized carbons (Fsp3) is 0.444. The van der Waals surface area contributed by atoms with Crippen molar-refractivity contribution in [1.29, 1.82) is 0 Å². The van der Waals surface area contributed by atoms with Crippen molar-refractivity contribution >= 4 is 11.8 Å². The van der Waals surface area contributed by atoms with Gasteiger partial charge in [0.25, 0.3) is 0 Å². The first kappa shape index (κ1) is 15.6. The Morgan fingerprint density at radius 2 is 2.09 bits per heavy atom. The van der Waals surface area contributed by atoms with E-state index in [1.807, 2.05) is 36.9 Å². The minimum absolute atomic E-state index is 0.140. The summed E-state index contributed by atoms with van der Waals surface area (Å²) in [5, 5.41) is 4.64. The van der Waals surface area contributed by atoms with E-state index in [9.17, 15) is 4.79 Å². The first-order valence-electron chi connectivity index (χ1n) is 8.23. The zero-order chi connectivity index (χ0) is 16.2. The SMILES string of the molecule is CCOC(=O)C1CCCCN1c1cc(-c2ccccc2)n(C)n1. The van der Waals surface area contributed by atoms with Crippen molar-refractivity contribution in [3.05, 3.63) is 36.4 Å². The van der Waals surface area contributed by atoms with Crippen LogP contribution in [0.2, 0.25) is 0 Å². The number of hydrogen-bond acceptors (Lipinski definition) is 4. The summed E-state index contributed by atoms with van der Waals surface area (Å²) >= 11 is 0. The summed E-state index contributed by atoms with van der Waals surface area (Å²) in [5.41, 5.74) is 2.17. The number of benzene rings is 1. The third-order valence-electron chi connectivity index (χ3n) is 4.29. The lowest BCUT2D eigenvalue weighted by atomic mass is 10.0. The van der Waals surface area contributed by atoms with Gasteiger partial charge in [0.05, 0.1) is 12.3 Å². The molecule has 1 aliphatic rings. The van der Waals surface area contributed by atoms with Gasteiger partial charge in [0.2, 0.25) is 0 Å². The Bertz CT molecular complexity index is 666. The molecule has 1 fully saturated rings. The smallest absolute Gasteiger partial charge is 0.328 e. The molecular formula is C18H23N3O2. The van der Waals surface area contributed by atoms with Gasteiger partial charge in [-0.1, -0.05) is 30.3 Å². The normalized spacial score (nSPS) is 18.0. The fourth-order valence-electron chi connectivity index (χ4n) is 3.16. The Morgan fingerprint density at radius 1 is 1.30 bits per heavy atom. The molecule has 1 atom stereocenters. The Balaban J connectivity index is 1.89. The van der Waals surface area contributed by atoms with Crippen molar-refractivity contribution in [3.8, 4) is 11.3 Å². The predicted octanol–water partition coefficient (Wildman–Crippen LogP) is 3.01. The van der Waals surface area contributed by atoms with E-state index >= 15 is 0 Å². The zero-order valence-corrected chi connectivity index (χ0v) is 13.7. The van der Waals surface area contributed by atoms with Crippen LogP contribution in [0.5, 0.6) is 0 Å². The lowest BCUT2D eigenvalue weighted by Crippen LogP contribution is -2.46. The van der Waals surface area contributed by atoms with Crippen molar-refractivity contribution in [2.75, 3.05) is 18.1 Å². The first-order chi connectivity index (χ1) is 11.2. The van der Waals surface area contributed by atoms with E-state index in [-0.39, 0.29) is 12.0 Å². The molecule has 0 amide bonds. The van der Waals surface area contributed by atoms with Gasteiger partial charge < -0.3 is 9.64 Å². The molecule has 0 aliphatic carbocycles. The van der Waals surface area contributed by atoms with E-state index in [4.69, 9.17) is 4.74 Å². The van der Waals surface area contributed by atoms with Gasteiger partial charge in [-0.15, -0.1) is 0 Å². The summed E-state index contributed by atoms with van der Waals surface area (Å²) in [5.74, 6) is 0.711. The van der Waals surface area contributed by atoms with Crippen LogP contribution in [0.4, 0.5) is 5.82 Å². The predicted molar refractivity (Wildman–Crippen MR) is 90.3 cm³/mol. The van der Waals surface area contributed by atoms with Crippen molar-refractivity contribution in [3.63, 3.8) is 0 Å². The lowest BCUT2D eigenvalue weighted by molar-refractivity contribution is -0.145. The summed E-state index contributed by atoms with van der Waals surface area (Å²) in [6.45, 7) is 3.11. The number of aromatic nitrogens is 2. The van der Waals surface area contributed by atoms with E-state index in [0.717, 1.165) is 42.9 Å². The number of anilines is 1. The molecule has 23 heavy (non-hydrogen) atoms. The molecule has 1 aliphatic heterocycles. The Morgan fingerprint density at radius 3 is 2.83 bits per heavy atom. The van der Waals surface area contributed by atoms with Gasteiger partial charge in [0, 0.05) is 19.7 Å². The topological polar surface area (TPSA) is 47.4 Å². The maximum atomic E-state index is 12.2. The standard InChI is InChI=1S/C18H23N3O2/c1-3-23-18(22)15-11-7-8-12-21(15)17-13-16(20(2)19-17)14-9-5-4-6-10-14/h4-6,9-10,13,15H,3,7-8,11-12H2,1-2H3. The molecule has 0 spiro atoms. The number of nitrogens with zero attached hydrogens (tertiary/aromatic N) is 3. The Labute approximate surface area is 136 Å². The molecule has 3 rings (SSSR count). The fourth-order valence-corrected chi connectivity index (χ4v) is 3.16. The summed E-state index contributed by atoms with van der Waals surface area (Å²) < 4.78 is 7.12. The largest absolute Gasteiger partial charge is 0.464 e. The Hall–Kier alpha value is -2.30. The van der Waals surface area contributed by atoms with E-state index in [0.29, 0.717) is 6.61 Å². The average molecular weight is 313 g/mol. The van der Waals surface area contributed by atoms with Crippen LogP contribution < -0.4 is 4.90 Å². The average Bonchev–Trinajstić information content (AvgIpc) is 2.97. The minimum atomic E-state index is -0.220. The monoisotopic (exact) mass is 313 g/mol. The third kappa shape index (κ3) is 3.23. The highest BCUT2D eigenvalue weighted by Crippen LogP contribution is 2.28. The first-order valence-corrected chi connectivity index (χ1v) is 8.23. The molecule has 5 heteroatoms. The molecule has 1 aromatic heterocycles. The van der Waals surface area contributed by atoms with Crippen LogP contribution in [-0.2, 0) is 16.6 Å². The number of carbonyl (C=O) groups excluding carboxylic acids is 1. The molecule has 0 saturated carbocycles. The maximum Gasteiger partial charge on any atom is 0.328 e. The molecule has 0 bridgehead atoms. The molecule has 122 valence electrons. The van der Waals surface area contributed by atoms with E-state index in [1.54, 1.807) is 0 Å². The van der Waals surface area contributed by atoms with Crippen LogP contribution in [0.1, 0.15) is 26.2 Å². The van der Waals surface area contributed by atoms with Gasteiger partial charge in [0.1, 0.15) is 6.04 Å². The van der Waals surface area contributed by atoms with Gasteiger partial charge >= 0.3 is 5.97 Å². The van der Waals surface area contributed by atoms with Crippen molar-refractivity contribution in [2.45, 2.75) is 32.2 Å². The lowest BCUT2D eigenvalue weighted by Gasteiger charge is -2.34. The molecule has 1 saturated heterocycles. The molecular weight excluding hydrogens is 290 g/mol. The molecule has 0 radical (unpaired) electrons. The van der Waals surface area contributed by atoms with Crippen LogP contribution >= 0.6 is 0 Å². The highest BCUT2D eigenvalue weighted by molar-refractivity contribution is 5.80. The number of ether oxygens (including phenoxy) is 1. The highest BCUT2D eigenvalue weighted by Gasteiger charge is 2.31. The van der Waals surface area contributed by atoms with E-state index in [1.165, 1.54) is 0 Å². The van der Waals surface area contributed by atoms with Gasteiger partial charge in [-0.25, -0.2) is 4.79 Å². The van der Waals surface area contributed by atoms with Crippen LogP contribution in [-0.4, -0.2) is 34.9 Å². The van der Waals surface area contributed by atoms with E-state index in [2.05, 4.69) is 28.2 Å². The second-order valence-corrected chi connectivity index (χ2v) is 5.83. The van der Waals surface area contributed by atoms with Gasteiger partial charge in [-0.05, 0) is 31.7 Å². The number of aryl methyl sites for hydroxylation is 1. The number of rotatable bonds is 4. The van der Waals surface area contributed by atoms with Crippen LogP contribution in [0.3, 0.4) is 0 Å². The molecule has 2 aromatic rings. The molecule has 2 heterocycles. The van der Waals surface area contributed by atoms with Gasteiger partial charge in [-0.2, -0.15) is 5.10 Å². The van der Waals surface area contributed by atoms with Crippen LogP contribution in [0.15, 0.2) is 36.4 Å². The van der Waals surface area contributed by atoms with Gasteiger partial charge in [0.15, 0.2) is 5.82 Å². The quantitative estimate of drug-likeness (QED) is 0.814. The molecule has 0 N–H and O–H groups in total. The second-order valence-electron chi connectivity index (χ2n) is 5.83. The van der Waals surface area contributed by atoms with Crippen molar-refractivity contribution in [1.82, 2.24) is 9.78 Å². The molecule has 1 unspecified atom stereocenters. The Kier molecular flexibility index (Phi) is 4.65. The number of hydrogen-bond donors (Lipinski definition) is 0. The zero-order valence-electron chi connectivity index (χ0n) is 13.7. The summed E-state index contributed by atoms with van der Waals surface area (Å²) in [6.07, 6.45) is 2.96. The number of esters is 1. The maximum absolute atomic E-state index is 12.2. The second kappa shape index (κ2) is 6.86. The summed E-state index contributed by atoms with van der Waals surface area (Å²) in [7, 11) is 1.94. The van der Waals surface area contributed by atoms with Crippen molar-refractivity contribution < 1.29 is 9.53 Å². The number of piperidine rings is 1. The molecule has 5 nitrogen and oxygen atoms in total. The van der Waals surface area contributed by atoms with Crippen LogP contribution in [0.25, 0.3) is 11.3 Å².